The molecule has 0 N–H and O–H groups in total. The topological polar surface area (TPSA) is 46.6 Å². The van der Waals surface area contributed by atoms with Crippen molar-refractivity contribution in [1.29, 1.82) is 0 Å². The van der Waals surface area contributed by atoms with Crippen LogP contribution in [0.25, 0.3) is 6.08 Å². The summed E-state index contributed by atoms with van der Waals surface area (Å²) in [5.41, 5.74) is 1.78. The molecule has 0 saturated carbocycles. The van der Waals surface area contributed by atoms with Crippen LogP contribution in [0, 0.1) is 0 Å². The van der Waals surface area contributed by atoms with E-state index in [9.17, 15) is 9.59 Å². The fraction of sp³-hybridized carbons (Fsp3) is 0.105. The molecular formula is C19H14ClNO3S2. The van der Waals surface area contributed by atoms with Gasteiger partial charge in [0.25, 0.3) is 5.91 Å². The van der Waals surface area contributed by atoms with Crippen LogP contribution >= 0.6 is 35.6 Å². The summed E-state index contributed by atoms with van der Waals surface area (Å²) in [6.07, 6.45) is 1.73. The summed E-state index contributed by atoms with van der Waals surface area (Å²) in [5.74, 6) is -0.619. The monoisotopic (exact) mass is 403 g/mol. The van der Waals surface area contributed by atoms with Crippen molar-refractivity contribution in [1.82, 2.24) is 0 Å². The van der Waals surface area contributed by atoms with Crippen molar-refractivity contribution in [2.45, 2.75) is 6.92 Å². The van der Waals surface area contributed by atoms with Gasteiger partial charge in [-0.15, -0.1) is 0 Å². The van der Waals surface area contributed by atoms with E-state index in [1.807, 2.05) is 18.2 Å². The van der Waals surface area contributed by atoms with Crippen molar-refractivity contribution in [3.8, 4) is 0 Å². The third-order valence-electron chi connectivity index (χ3n) is 3.62. The number of nitrogens with zero attached hydrogens (tertiary/aromatic N) is 1. The third kappa shape index (κ3) is 3.82. The number of halogens is 1. The van der Waals surface area contributed by atoms with Gasteiger partial charge in [0.1, 0.15) is 0 Å². The minimum absolute atomic E-state index is 0.219. The second-order valence-electron chi connectivity index (χ2n) is 5.31. The van der Waals surface area contributed by atoms with Gasteiger partial charge < -0.3 is 4.74 Å². The number of esters is 1. The number of ether oxygens (including phenoxy) is 1. The number of benzene rings is 2. The zero-order valence-corrected chi connectivity index (χ0v) is 16.2. The number of carbonyl (C=O) groups excluding carboxylic acids is 2. The van der Waals surface area contributed by atoms with Crippen molar-refractivity contribution in [2.24, 2.45) is 0 Å². The van der Waals surface area contributed by atoms with E-state index in [1.165, 1.54) is 16.7 Å². The van der Waals surface area contributed by atoms with E-state index in [0.29, 0.717) is 32.1 Å². The highest BCUT2D eigenvalue weighted by molar-refractivity contribution is 8.27. The molecule has 1 saturated heterocycles. The molecule has 1 amide bonds. The summed E-state index contributed by atoms with van der Waals surface area (Å²) in [5, 5.41) is 0.566. The number of anilines is 1. The van der Waals surface area contributed by atoms with Crippen molar-refractivity contribution < 1.29 is 14.3 Å². The molecule has 3 rings (SSSR count). The lowest BCUT2D eigenvalue weighted by molar-refractivity contribution is -0.113. The molecule has 0 aliphatic carbocycles. The molecule has 7 heteroatoms. The molecule has 1 aliphatic rings. The van der Waals surface area contributed by atoms with Gasteiger partial charge in [-0.3, -0.25) is 9.69 Å². The summed E-state index contributed by atoms with van der Waals surface area (Å²) in [6.45, 7) is 2.06. The van der Waals surface area contributed by atoms with Crippen LogP contribution in [0.4, 0.5) is 5.69 Å². The zero-order chi connectivity index (χ0) is 18.7. The molecule has 1 fully saturated rings. The predicted molar refractivity (Wildman–Crippen MR) is 110 cm³/mol. The van der Waals surface area contributed by atoms with E-state index < -0.39 is 5.97 Å². The largest absolute Gasteiger partial charge is 0.462 e. The minimum atomic E-state index is -0.400. The summed E-state index contributed by atoms with van der Waals surface area (Å²) in [4.78, 5) is 26.4. The average Bonchev–Trinajstić information content (AvgIpc) is 2.91. The summed E-state index contributed by atoms with van der Waals surface area (Å²) in [7, 11) is 0. The number of hydrogen-bond acceptors (Lipinski definition) is 5. The van der Waals surface area contributed by atoms with Crippen LogP contribution in [0.15, 0.2) is 53.4 Å². The molecule has 0 radical (unpaired) electrons. The van der Waals surface area contributed by atoms with Crippen molar-refractivity contribution in [2.75, 3.05) is 11.5 Å². The highest BCUT2D eigenvalue weighted by Gasteiger charge is 2.33. The lowest BCUT2D eigenvalue weighted by Gasteiger charge is -2.14. The van der Waals surface area contributed by atoms with Crippen LogP contribution in [-0.2, 0) is 9.53 Å². The van der Waals surface area contributed by atoms with Crippen molar-refractivity contribution in [3.05, 3.63) is 69.6 Å². The van der Waals surface area contributed by atoms with Crippen LogP contribution in [0.2, 0.25) is 5.02 Å². The summed E-state index contributed by atoms with van der Waals surface area (Å²) < 4.78 is 5.39. The van der Waals surface area contributed by atoms with Gasteiger partial charge in [-0.25, -0.2) is 4.79 Å². The molecule has 0 aromatic heterocycles. The molecular weight excluding hydrogens is 390 g/mol. The summed E-state index contributed by atoms with van der Waals surface area (Å²) >= 11 is 12.7. The van der Waals surface area contributed by atoms with Gasteiger partial charge in [-0.2, -0.15) is 0 Å². The molecule has 132 valence electrons. The molecule has 2 aromatic carbocycles. The Balaban J connectivity index is 1.85. The van der Waals surface area contributed by atoms with Gasteiger partial charge >= 0.3 is 5.97 Å². The average molecular weight is 404 g/mol. The number of thiocarbonyl (C=S) groups is 1. The standard InChI is InChI=1S/C19H14ClNO3S2/c1-2-24-18(23)12-7-9-14(10-8-12)21-17(22)16(26-19(21)25)11-13-5-3-4-6-15(13)20/h3-11H,2H2,1H3. The molecule has 1 aliphatic heterocycles. The third-order valence-corrected chi connectivity index (χ3v) is 5.27. The first-order valence-electron chi connectivity index (χ1n) is 7.81. The normalized spacial score (nSPS) is 15.6. The number of carbonyl (C=O) groups is 2. The Morgan fingerprint density at radius 2 is 1.92 bits per heavy atom. The van der Waals surface area contributed by atoms with E-state index >= 15 is 0 Å². The van der Waals surface area contributed by atoms with Crippen molar-refractivity contribution >= 4 is 63.5 Å². The van der Waals surface area contributed by atoms with Crippen LogP contribution < -0.4 is 4.90 Å². The first kappa shape index (κ1) is 18.6. The number of rotatable bonds is 4. The zero-order valence-electron chi connectivity index (χ0n) is 13.8. The van der Waals surface area contributed by atoms with E-state index in [4.69, 9.17) is 28.6 Å². The van der Waals surface area contributed by atoms with Crippen LogP contribution in [0.3, 0.4) is 0 Å². The first-order chi connectivity index (χ1) is 12.5. The lowest BCUT2D eigenvalue weighted by atomic mass is 10.2. The quantitative estimate of drug-likeness (QED) is 0.412. The first-order valence-corrected chi connectivity index (χ1v) is 9.41. The second kappa shape index (κ2) is 8.03. The van der Waals surface area contributed by atoms with E-state index in [1.54, 1.807) is 43.3 Å². The molecule has 0 unspecified atom stereocenters. The van der Waals surface area contributed by atoms with Crippen LogP contribution in [0.5, 0.6) is 0 Å². The van der Waals surface area contributed by atoms with Gasteiger partial charge in [0.15, 0.2) is 4.32 Å². The molecule has 0 atom stereocenters. The molecule has 4 nitrogen and oxygen atoms in total. The smallest absolute Gasteiger partial charge is 0.338 e. The highest BCUT2D eigenvalue weighted by atomic mass is 35.5. The lowest BCUT2D eigenvalue weighted by Crippen LogP contribution is -2.27. The fourth-order valence-electron chi connectivity index (χ4n) is 2.38. The maximum absolute atomic E-state index is 12.8. The van der Waals surface area contributed by atoms with Gasteiger partial charge in [0.05, 0.1) is 22.8 Å². The van der Waals surface area contributed by atoms with E-state index in [-0.39, 0.29) is 5.91 Å². The Morgan fingerprint density at radius 3 is 2.58 bits per heavy atom. The molecule has 26 heavy (non-hydrogen) atoms. The van der Waals surface area contributed by atoms with Crippen LogP contribution in [-0.4, -0.2) is 22.8 Å². The van der Waals surface area contributed by atoms with Gasteiger partial charge in [-0.1, -0.05) is 53.8 Å². The predicted octanol–water partition coefficient (Wildman–Crippen LogP) is 4.92. The highest BCUT2D eigenvalue weighted by Crippen LogP contribution is 2.36. The SMILES string of the molecule is CCOC(=O)c1ccc(N2C(=O)C(=Cc3ccccc3Cl)SC2=S)cc1. The van der Waals surface area contributed by atoms with E-state index in [2.05, 4.69) is 0 Å². The van der Waals surface area contributed by atoms with Crippen LogP contribution in [0.1, 0.15) is 22.8 Å². The number of hydrogen-bond donors (Lipinski definition) is 0. The Kier molecular flexibility index (Phi) is 5.76. The molecule has 1 heterocycles. The Morgan fingerprint density at radius 1 is 1.23 bits per heavy atom. The Labute approximate surface area is 165 Å². The second-order valence-corrected chi connectivity index (χ2v) is 7.39. The van der Waals surface area contributed by atoms with Gasteiger partial charge in [-0.05, 0) is 48.9 Å². The van der Waals surface area contributed by atoms with Gasteiger partial charge in [0.2, 0.25) is 0 Å². The number of thioether (sulfide) groups is 1. The van der Waals surface area contributed by atoms with Crippen molar-refractivity contribution in [3.63, 3.8) is 0 Å². The maximum atomic E-state index is 12.8. The fourth-order valence-corrected chi connectivity index (χ4v) is 3.86. The molecule has 0 bridgehead atoms. The van der Waals surface area contributed by atoms with Gasteiger partial charge in [0, 0.05) is 5.02 Å². The Bertz CT molecular complexity index is 909. The van der Waals surface area contributed by atoms with E-state index in [0.717, 1.165) is 5.56 Å². The minimum Gasteiger partial charge on any atom is -0.462 e. The molecule has 2 aromatic rings. The number of amides is 1. The maximum Gasteiger partial charge on any atom is 0.338 e. The molecule has 0 spiro atoms. The Hall–Kier alpha value is -2.15. The summed E-state index contributed by atoms with van der Waals surface area (Å²) in [6, 6.07) is 13.9.